The average molecular weight is 198 g/mol. The molecule has 0 saturated carbocycles. The SMILES string of the molecule is CNCc1cn(C(C)CCOC)nn1. The summed E-state index contributed by atoms with van der Waals surface area (Å²) in [6.07, 6.45) is 2.93. The van der Waals surface area contributed by atoms with Crippen molar-refractivity contribution in [1.82, 2.24) is 20.3 Å². The van der Waals surface area contributed by atoms with E-state index in [-0.39, 0.29) is 0 Å². The summed E-state index contributed by atoms with van der Waals surface area (Å²) in [7, 11) is 3.61. The highest BCUT2D eigenvalue weighted by molar-refractivity contribution is 4.92. The second-order valence-electron chi connectivity index (χ2n) is 3.35. The Morgan fingerprint density at radius 3 is 3.07 bits per heavy atom. The molecular weight excluding hydrogens is 180 g/mol. The minimum Gasteiger partial charge on any atom is -0.385 e. The first-order valence-corrected chi connectivity index (χ1v) is 4.82. The monoisotopic (exact) mass is 198 g/mol. The van der Waals surface area contributed by atoms with E-state index in [1.54, 1.807) is 7.11 Å². The lowest BCUT2D eigenvalue weighted by molar-refractivity contribution is 0.178. The lowest BCUT2D eigenvalue weighted by Gasteiger charge is -2.09. The highest BCUT2D eigenvalue weighted by Crippen LogP contribution is 2.08. The van der Waals surface area contributed by atoms with E-state index in [0.29, 0.717) is 6.04 Å². The van der Waals surface area contributed by atoms with Crippen LogP contribution in [0.25, 0.3) is 0 Å². The van der Waals surface area contributed by atoms with Crippen molar-refractivity contribution in [3.05, 3.63) is 11.9 Å². The minimum atomic E-state index is 0.341. The van der Waals surface area contributed by atoms with Crippen molar-refractivity contribution in [2.45, 2.75) is 25.9 Å². The smallest absolute Gasteiger partial charge is 0.0964 e. The van der Waals surface area contributed by atoms with Gasteiger partial charge >= 0.3 is 0 Å². The number of rotatable bonds is 6. The van der Waals surface area contributed by atoms with Crippen LogP contribution >= 0.6 is 0 Å². The van der Waals surface area contributed by atoms with Crippen molar-refractivity contribution >= 4 is 0 Å². The number of methoxy groups -OCH3 is 1. The molecule has 0 fully saturated rings. The molecule has 0 aliphatic rings. The van der Waals surface area contributed by atoms with Crippen LogP contribution in [0.15, 0.2) is 6.20 Å². The van der Waals surface area contributed by atoms with E-state index in [2.05, 4.69) is 22.6 Å². The van der Waals surface area contributed by atoms with E-state index in [1.807, 2.05) is 17.9 Å². The van der Waals surface area contributed by atoms with Crippen molar-refractivity contribution in [3.8, 4) is 0 Å². The van der Waals surface area contributed by atoms with Crippen LogP contribution in [0.2, 0.25) is 0 Å². The summed E-state index contributed by atoms with van der Waals surface area (Å²) in [5, 5.41) is 11.1. The Morgan fingerprint density at radius 1 is 1.64 bits per heavy atom. The van der Waals surface area contributed by atoms with E-state index in [0.717, 1.165) is 25.3 Å². The predicted octanol–water partition coefficient (Wildman–Crippen LogP) is 0.595. The fourth-order valence-electron chi connectivity index (χ4n) is 1.21. The second-order valence-corrected chi connectivity index (χ2v) is 3.35. The molecule has 1 atom stereocenters. The lowest BCUT2D eigenvalue weighted by atomic mass is 10.2. The third kappa shape index (κ3) is 3.08. The Labute approximate surface area is 84.4 Å². The number of nitrogens with one attached hydrogen (secondary N) is 1. The third-order valence-corrected chi connectivity index (χ3v) is 2.11. The van der Waals surface area contributed by atoms with Crippen LogP contribution in [0.5, 0.6) is 0 Å². The first-order valence-electron chi connectivity index (χ1n) is 4.82. The maximum atomic E-state index is 5.01. The van der Waals surface area contributed by atoms with Gasteiger partial charge in [0.2, 0.25) is 0 Å². The Hall–Kier alpha value is -0.940. The van der Waals surface area contributed by atoms with E-state index in [9.17, 15) is 0 Å². The number of hydrogen-bond acceptors (Lipinski definition) is 4. The summed E-state index contributed by atoms with van der Waals surface area (Å²) in [6.45, 7) is 3.62. The molecule has 0 bridgehead atoms. The van der Waals surface area contributed by atoms with E-state index >= 15 is 0 Å². The molecule has 0 aliphatic carbocycles. The van der Waals surface area contributed by atoms with E-state index in [1.165, 1.54) is 0 Å². The quantitative estimate of drug-likeness (QED) is 0.727. The molecule has 0 aromatic carbocycles. The maximum Gasteiger partial charge on any atom is 0.0964 e. The lowest BCUT2D eigenvalue weighted by Crippen LogP contribution is -2.08. The van der Waals surface area contributed by atoms with Gasteiger partial charge in [0.05, 0.1) is 17.9 Å². The van der Waals surface area contributed by atoms with Gasteiger partial charge in [-0.3, -0.25) is 0 Å². The largest absolute Gasteiger partial charge is 0.385 e. The number of hydrogen-bond donors (Lipinski definition) is 1. The van der Waals surface area contributed by atoms with Gasteiger partial charge in [0.25, 0.3) is 0 Å². The molecule has 5 heteroatoms. The molecule has 14 heavy (non-hydrogen) atoms. The van der Waals surface area contributed by atoms with E-state index in [4.69, 9.17) is 4.74 Å². The van der Waals surface area contributed by atoms with Crippen LogP contribution < -0.4 is 5.32 Å². The van der Waals surface area contributed by atoms with Crippen LogP contribution in [-0.2, 0) is 11.3 Å². The van der Waals surface area contributed by atoms with Crippen molar-refractivity contribution < 1.29 is 4.74 Å². The van der Waals surface area contributed by atoms with Crippen molar-refractivity contribution in [2.24, 2.45) is 0 Å². The third-order valence-electron chi connectivity index (χ3n) is 2.11. The summed E-state index contributed by atoms with van der Waals surface area (Å²) in [5.41, 5.74) is 0.969. The minimum absolute atomic E-state index is 0.341. The normalized spacial score (nSPS) is 13.1. The maximum absolute atomic E-state index is 5.01. The van der Waals surface area contributed by atoms with Gasteiger partial charge < -0.3 is 10.1 Å². The van der Waals surface area contributed by atoms with Crippen molar-refractivity contribution in [2.75, 3.05) is 20.8 Å². The predicted molar refractivity (Wildman–Crippen MR) is 54.0 cm³/mol. The first-order chi connectivity index (χ1) is 6.77. The zero-order chi connectivity index (χ0) is 10.4. The first kappa shape index (κ1) is 11.1. The van der Waals surface area contributed by atoms with Crippen LogP contribution in [0.4, 0.5) is 0 Å². The van der Waals surface area contributed by atoms with Gasteiger partial charge in [0.15, 0.2) is 0 Å². The summed E-state index contributed by atoms with van der Waals surface area (Å²) in [5.74, 6) is 0. The number of ether oxygens (including phenoxy) is 1. The second kappa shape index (κ2) is 5.72. The molecule has 0 aliphatic heterocycles. The Balaban J connectivity index is 2.48. The van der Waals surface area contributed by atoms with Gasteiger partial charge in [-0.1, -0.05) is 5.21 Å². The summed E-state index contributed by atoms with van der Waals surface area (Å²) in [6, 6.07) is 0.341. The molecule has 0 saturated heterocycles. The van der Waals surface area contributed by atoms with Crippen LogP contribution in [0.3, 0.4) is 0 Å². The molecule has 0 spiro atoms. The zero-order valence-corrected chi connectivity index (χ0v) is 9.03. The Bertz CT molecular complexity index is 261. The molecule has 80 valence electrons. The molecular formula is C9H18N4O. The van der Waals surface area contributed by atoms with Gasteiger partial charge in [-0.25, -0.2) is 4.68 Å². The van der Waals surface area contributed by atoms with E-state index < -0.39 is 0 Å². The van der Waals surface area contributed by atoms with Gasteiger partial charge in [-0.2, -0.15) is 0 Å². The summed E-state index contributed by atoms with van der Waals surface area (Å²) in [4.78, 5) is 0. The molecule has 0 amide bonds. The number of aromatic nitrogens is 3. The van der Waals surface area contributed by atoms with Crippen molar-refractivity contribution in [3.63, 3.8) is 0 Å². The van der Waals surface area contributed by atoms with Crippen molar-refractivity contribution in [1.29, 1.82) is 0 Å². The van der Waals surface area contributed by atoms with Crippen LogP contribution in [0.1, 0.15) is 25.1 Å². The Kier molecular flexibility index (Phi) is 4.55. The standard InChI is InChI=1S/C9H18N4O/c1-8(4-5-14-3)13-7-9(6-10-2)11-12-13/h7-8,10H,4-6H2,1-3H3. The van der Waals surface area contributed by atoms with Crippen LogP contribution in [-0.4, -0.2) is 35.8 Å². The topological polar surface area (TPSA) is 52.0 Å². The molecule has 1 heterocycles. The Morgan fingerprint density at radius 2 is 2.43 bits per heavy atom. The fraction of sp³-hybridized carbons (Fsp3) is 0.778. The summed E-state index contributed by atoms with van der Waals surface area (Å²) >= 11 is 0. The van der Waals surface area contributed by atoms with Gasteiger partial charge in [0, 0.05) is 20.3 Å². The van der Waals surface area contributed by atoms with Gasteiger partial charge in [-0.15, -0.1) is 5.10 Å². The molecule has 1 aromatic heterocycles. The summed E-state index contributed by atoms with van der Waals surface area (Å²) < 4.78 is 6.90. The highest BCUT2D eigenvalue weighted by Gasteiger charge is 2.06. The molecule has 1 N–H and O–H groups in total. The molecule has 0 radical (unpaired) electrons. The van der Waals surface area contributed by atoms with Crippen LogP contribution in [0, 0.1) is 0 Å². The van der Waals surface area contributed by atoms with Gasteiger partial charge in [-0.05, 0) is 20.4 Å². The highest BCUT2D eigenvalue weighted by atomic mass is 16.5. The fourth-order valence-corrected chi connectivity index (χ4v) is 1.21. The van der Waals surface area contributed by atoms with Gasteiger partial charge in [0.1, 0.15) is 0 Å². The molecule has 1 unspecified atom stereocenters. The molecule has 1 rings (SSSR count). The average Bonchev–Trinajstić information content (AvgIpc) is 2.63. The number of nitrogens with zero attached hydrogens (tertiary/aromatic N) is 3. The zero-order valence-electron chi connectivity index (χ0n) is 9.03. The molecule has 5 nitrogen and oxygen atoms in total. The molecule has 1 aromatic rings.